The number of anilines is 1. The number of carbonyl (C=O) groups is 1. The second-order valence-corrected chi connectivity index (χ2v) is 4.08. The first-order valence-corrected chi connectivity index (χ1v) is 5.42. The van der Waals surface area contributed by atoms with Crippen LogP contribution in [0.1, 0.15) is 12.8 Å². The number of hydrogen-bond acceptors (Lipinski definition) is 5. The van der Waals surface area contributed by atoms with Crippen molar-refractivity contribution in [2.75, 3.05) is 18.4 Å². The molecule has 1 aromatic rings. The van der Waals surface area contributed by atoms with Gasteiger partial charge in [-0.2, -0.15) is 0 Å². The summed E-state index contributed by atoms with van der Waals surface area (Å²) in [7, 11) is 0. The van der Waals surface area contributed by atoms with E-state index in [2.05, 4.69) is 20.2 Å². The number of nitrogens with zero attached hydrogens (tertiary/aromatic N) is 2. The highest BCUT2D eigenvalue weighted by Crippen LogP contribution is 2.16. The first kappa shape index (κ1) is 9.54. The molecular formula is C8H12N4OS. The van der Waals surface area contributed by atoms with Crippen molar-refractivity contribution in [1.82, 2.24) is 14.9 Å². The summed E-state index contributed by atoms with van der Waals surface area (Å²) in [5, 5.41) is 10.4. The van der Waals surface area contributed by atoms with Crippen molar-refractivity contribution < 1.29 is 4.79 Å². The third-order valence-corrected chi connectivity index (χ3v) is 2.90. The fourth-order valence-corrected chi connectivity index (χ4v) is 1.95. The molecule has 0 radical (unpaired) electrons. The van der Waals surface area contributed by atoms with Crippen LogP contribution in [-0.2, 0) is 4.79 Å². The predicted octanol–water partition coefficient (Wildman–Crippen LogP) is 0.476. The zero-order valence-electron chi connectivity index (χ0n) is 7.69. The van der Waals surface area contributed by atoms with Crippen LogP contribution in [0, 0.1) is 5.92 Å². The summed E-state index contributed by atoms with van der Waals surface area (Å²) in [6.07, 6.45) is 3.40. The molecule has 0 aliphatic carbocycles. The van der Waals surface area contributed by atoms with E-state index < -0.39 is 0 Å². The van der Waals surface area contributed by atoms with Crippen molar-refractivity contribution in [2.24, 2.45) is 5.92 Å². The topological polar surface area (TPSA) is 66.9 Å². The Morgan fingerprint density at radius 3 is 3.00 bits per heavy atom. The van der Waals surface area contributed by atoms with Crippen molar-refractivity contribution in [3.8, 4) is 0 Å². The predicted molar refractivity (Wildman–Crippen MR) is 54.1 cm³/mol. The summed E-state index contributed by atoms with van der Waals surface area (Å²) in [6, 6.07) is 0. The van der Waals surface area contributed by atoms with Crippen LogP contribution in [0.2, 0.25) is 0 Å². The number of amides is 1. The zero-order valence-corrected chi connectivity index (χ0v) is 8.51. The van der Waals surface area contributed by atoms with Crippen LogP contribution < -0.4 is 10.6 Å². The molecule has 1 aromatic heterocycles. The van der Waals surface area contributed by atoms with Crippen LogP contribution in [0.3, 0.4) is 0 Å². The lowest BCUT2D eigenvalue weighted by Crippen LogP contribution is -2.34. The fourth-order valence-electron chi connectivity index (χ4n) is 1.53. The molecule has 0 aromatic carbocycles. The van der Waals surface area contributed by atoms with Crippen molar-refractivity contribution in [1.29, 1.82) is 0 Å². The molecule has 1 aliphatic rings. The molecule has 1 aliphatic heterocycles. The van der Waals surface area contributed by atoms with Gasteiger partial charge >= 0.3 is 0 Å². The third kappa shape index (κ3) is 2.27. The second-order valence-electron chi connectivity index (χ2n) is 3.30. The van der Waals surface area contributed by atoms with Crippen LogP contribution >= 0.6 is 11.5 Å². The van der Waals surface area contributed by atoms with E-state index in [1.54, 1.807) is 6.20 Å². The minimum absolute atomic E-state index is 0.0950. The Morgan fingerprint density at radius 1 is 1.57 bits per heavy atom. The van der Waals surface area contributed by atoms with Crippen LogP contribution in [0.15, 0.2) is 6.20 Å². The Labute approximate surface area is 86.1 Å². The third-order valence-electron chi connectivity index (χ3n) is 2.32. The van der Waals surface area contributed by atoms with E-state index in [0.717, 1.165) is 30.9 Å². The van der Waals surface area contributed by atoms with Gasteiger partial charge in [0.05, 0.1) is 6.20 Å². The van der Waals surface area contributed by atoms with Gasteiger partial charge in [0.25, 0.3) is 0 Å². The SMILES string of the molecule is O=C(Nc1cnns1)C1CCNCC1. The lowest BCUT2D eigenvalue weighted by atomic mass is 9.97. The number of piperidine rings is 1. The van der Waals surface area contributed by atoms with E-state index in [9.17, 15) is 4.79 Å². The van der Waals surface area contributed by atoms with E-state index in [4.69, 9.17) is 0 Å². The maximum Gasteiger partial charge on any atom is 0.228 e. The van der Waals surface area contributed by atoms with Crippen LogP contribution in [0.5, 0.6) is 0 Å². The van der Waals surface area contributed by atoms with Gasteiger partial charge in [-0.3, -0.25) is 4.79 Å². The lowest BCUT2D eigenvalue weighted by molar-refractivity contribution is -0.120. The van der Waals surface area contributed by atoms with E-state index in [0.29, 0.717) is 0 Å². The van der Waals surface area contributed by atoms with E-state index in [-0.39, 0.29) is 11.8 Å². The molecule has 0 atom stereocenters. The number of hydrogen-bond donors (Lipinski definition) is 2. The molecule has 2 N–H and O–H groups in total. The van der Waals surface area contributed by atoms with E-state index in [1.807, 2.05) is 0 Å². The molecule has 0 bridgehead atoms. The molecule has 76 valence electrons. The van der Waals surface area contributed by atoms with Crippen LogP contribution in [-0.4, -0.2) is 28.6 Å². The van der Waals surface area contributed by atoms with Gasteiger partial charge in [-0.1, -0.05) is 4.49 Å². The summed E-state index contributed by atoms with van der Waals surface area (Å²) in [5.74, 6) is 0.232. The zero-order chi connectivity index (χ0) is 9.80. The Kier molecular flexibility index (Phi) is 3.05. The molecule has 1 saturated heterocycles. The molecule has 0 unspecified atom stereocenters. The summed E-state index contributed by atoms with van der Waals surface area (Å²) < 4.78 is 3.68. The maximum absolute atomic E-state index is 11.7. The van der Waals surface area contributed by atoms with Crippen LogP contribution in [0.4, 0.5) is 5.00 Å². The van der Waals surface area contributed by atoms with Crippen LogP contribution in [0.25, 0.3) is 0 Å². The van der Waals surface area contributed by atoms with Gasteiger partial charge in [0.1, 0.15) is 5.00 Å². The molecule has 2 heterocycles. The molecule has 0 saturated carbocycles. The summed E-state index contributed by atoms with van der Waals surface area (Å²) in [4.78, 5) is 11.7. The van der Waals surface area contributed by atoms with Gasteiger partial charge < -0.3 is 10.6 Å². The number of rotatable bonds is 2. The van der Waals surface area contributed by atoms with Crippen molar-refractivity contribution in [3.05, 3.63) is 6.20 Å². The van der Waals surface area contributed by atoms with E-state index in [1.165, 1.54) is 11.5 Å². The minimum atomic E-state index is 0.0950. The highest BCUT2D eigenvalue weighted by Gasteiger charge is 2.21. The molecule has 5 nitrogen and oxygen atoms in total. The first-order chi connectivity index (χ1) is 6.86. The normalized spacial score (nSPS) is 18.0. The highest BCUT2D eigenvalue weighted by atomic mass is 32.1. The Bertz CT molecular complexity index is 294. The average molecular weight is 212 g/mol. The average Bonchev–Trinajstić information content (AvgIpc) is 2.72. The van der Waals surface area contributed by atoms with Gasteiger partial charge in [-0.05, 0) is 25.9 Å². The molecular weight excluding hydrogens is 200 g/mol. The number of carbonyl (C=O) groups excluding carboxylic acids is 1. The summed E-state index contributed by atoms with van der Waals surface area (Å²) in [6.45, 7) is 1.86. The summed E-state index contributed by atoms with van der Waals surface area (Å²) >= 11 is 1.21. The Balaban J connectivity index is 1.88. The lowest BCUT2D eigenvalue weighted by Gasteiger charge is -2.21. The fraction of sp³-hybridized carbons (Fsp3) is 0.625. The second kappa shape index (κ2) is 4.47. The van der Waals surface area contributed by atoms with Crippen molar-refractivity contribution in [3.63, 3.8) is 0 Å². The Morgan fingerprint density at radius 2 is 2.36 bits per heavy atom. The quantitative estimate of drug-likeness (QED) is 0.748. The molecule has 0 spiro atoms. The van der Waals surface area contributed by atoms with Gasteiger partial charge in [-0.15, -0.1) is 5.10 Å². The Hall–Kier alpha value is -1.01. The molecule has 6 heteroatoms. The monoisotopic (exact) mass is 212 g/mol. The molecule has 2 rings (SSSR count). The van der Waals surface area contributed by atoms with E-state index >= 15 is 0 Å². The molecule has 1 amide bonds. The van der Waals surface area contributed by atoms with Crippen molar-refractivity contribution in [2.45, 2.75) is 12.8 Å². The van der Waals surface area contributed by atoms with Gasteiger partial charge in [0.2, 0.25) is 5.91 Å². The smallest absolute Gasteiger partial charge is 0.228 e. The van der Waals surface area contributed by atoms with Gasteiger partial charge in [0, 0.05) is 17.5 Å². The van der Waals surface area contributed by atoms with Gasteiger partial charge in [0.15, 0.2) is 0 Å². The molecule has 1 fully saturated rings. The number of nitrogens with one attached hydrogen (secondary N) is 2. The maximum atomic E-state index is 11.7. The highest BCUT2D eigenvalue weighted by molar-refractivity contribution is 7.10. The largest absolute Gasteiger partial charge is 0.317 e. The molecule has 14 heavy (non-hydrogen) atoms. The summed E-state index contributed by atoms with van der Waals surface area (Å²) in [5.41, 5.74) is 0. The number of aromatic nitrogens is 2. The minimum Gasteiger partial charge on any atom is -0.317 e. The first-order valence-electron chi connectivity index (χ1n) is 4.65. The van der Waals surface area contributed by atoms with Gasteiger partial charge in [-0.25, -0.2) is 0 Å². The standard InChI is InChI=1S/C8H12N4OS/c13-8(6-1-3-9-4-2-6)11-7-5-10-12-14-7/h5-6,9H,1-4H2,(H,11,13). The van der Waals surface area contributed by atoms with Crippen molar-refractivity contribution >= 4 is 22.4 Å².